The summed E-state index contributed by atoms with van der Waals surface area (Å²) in [4.78, 5) is 26.8. The number of amides is 1. The largest absolute Gasteiger partial charge is 0.459 e. The molecule has 4 nitrogen and oxygen atoms in total. The van der Waals surface area contributed by atoms with Crippen molar-refractivity contribution in [3.8, 4) is 11.1 Å². The smallest absolute Gasteiger partial charge is 0.326 e. The maximum atomic E-state index is 14.4. The number of halogens is 2. The standard InChI is InChI=1S/C26H25F2NO3/c1-17-11-13-18(14-12-17)19-7-5-8-20(15-19)29(16-23(30)32-26(2,3)4)25(31)24-21(27)9-6-10-22(24)28/h5-15H,16H2,1-4H3. The Hall–Kier alpha value is -3.54. The van der Waals surface area contributed by atoms with Crippen LogP contribution in [-0.4, -0.2) is 24.0 Å². The Morgan fingerprint density at radius 3 is 2.06 bits per heavy atom. The minimum absolute atomic E-state index is 0.321. The fourth-order valence-electron chi connectivity index (χ4n) is 3.22. The minimum Gasteiger partial charge on any atom is -0.459 e. The van der Waals surface area contributed by atoms with Gasteiger partial charge in [-0.3, -0.25) is 14.5 Å². The summed E-state index contributed by atoms with van der Waals surface area (Å²) in [5.41, 5.74) is 1.61. The summed E-state index contributed by atoms with van der Waals surface area (Å²) in [5, 5.41) is 0. The van der Waals surface area contributed by atoms with Crippen LogP contribution in [-0.2, 0) is 9.53 Å². The van der Waals surface area contributed by atoms with Crippen molar-refractivity contribution in [3.05, 3.63) is 89.5 Å². The lowest BCUT2D eigenvalue weighted by Crippen LogP contribution is -2.39. The molecule has 0 unspecified atom stereocenters. The van der Waals surface area contributed by atoms with Crippen LogP contribution in [0.3, 0.4) is 0 Å². The molecule has 0 aromatic heterocycles. The summed E-state index contributed by atoms with van der Waals surface area (Å²) in [6, 6.07) is 17.9. The summed E-state index contributed by atoms with van der Waals surface area (Å²) in [6.07, 6.45) is 0. The molecule has 3 aromatic carbocycles. The fraction of sp³-hybridized carbons (Fsp3) is 0.231. The normalized spacial score (nSPS) is 11.2. The van der Waals surface area contributed by atoms with E-state index < -0.39 is 41.2 Å². The average Bonchev–Trinajstić information content (AvgIpc) is 2.71. The van der Waals surface area contributed by atoms with E-state index in [9.17, 15) is 18.4 Å². The Labute approximate surface area is 186 Å². The topological polar surface area (TPSA) is 46.6 Å². The molecular weight excluding hydrogens is 412 g/mol. The van der Waals surface area contributed by atoms with Gasteiger partial charge in [0.25, 0.3) is 5.91 Å². The monoisotopic (exact) mass is 437 g/mol. The number of esters is 1. The van der Waals surface area contributed by atoms with Crippen LogP contribution in [0.15, 0.2) is 66.7 Å². The van der Waals surface area contributed by atoms with Gasteiger partial charge in [-0.1, -0.05) is 48.0 Å². The second-order valence-electron chi connectivity index (χ2n) is 8.49. The van der Waals surface area contributed by atoms with Crippen LogP contribution in [0.4, 0.5) is 14.5 Å². The number of anilines is 1. The zero-order valence-electron chi connectivity index (χ0n) is 18.5. The van der Waals surface area contributed by atoms with Crippen LogP contribution < -0.4 is 4.90 Å². The van der Waals surface area contributed by atoms with Crippen molar-refractivity contribution in [3.63, 3.8) is 0 Å². The lowest BCUT2D eigenvalue weighted by Gasteiger charge is -2.26. The van der Waals surface area contributed by atoms with Crippen LogP contribution in [0.25, 0.3) is 11.1 Å². The lowest BCUT2D eigenvalue weighted by atomic mass is 10.0. The highest BCUT2D eigenvalue weighted by atomic mass is 19.1. The second-order valence-corrected chi connectivity index (χ2v) is 8.49. The highest BCUT2D eigenvalue weighted by Gasteiger charge is 2.28. The molecule has 0 radical (unpaired) electrons. The van der Waals surface area contributed by atoms with Gasteiger partial charge in [0.1, 0.15) is 29.3 Å². The zero-order chi connectivity index (χ0) is 23.5. The Morgan fingerprint density at radius 1 is 0.875 bits per heavy atom. The van der Waals surface area contributed by atoms with Crippen molar-refractivity contribution < 1.29 is 23.1 Å². The molecule has 0 spiro atoms. The molecule has 166 valence electrons. The first-order valence-electron chi connectivity index (χ1n) is 10.2. The summed E-state index contributed by atoms with van der Waals surface area (Å²) in [6.45, 7) is 6.58. The van der Waals surface area contributed by atoms with Crippen LogP contribution in [0.1, 0.15) is 36.7 Å². The molecule has 0 saturated heterocycles. The molecule has 0 heterocycles. The Morgan fingerprint density at radius 2 is 1.47 bits per heavy atom. The molecule has 0 bridgehead atoms. The molecule has 0 saturated carbocycles. The van der Waals surface area contributed by atoms with Gasteiger partial charge in [0.15, 0.2) is 0 Å². The highest BCUT2D eigenvalue weighted by molar-refractivity contribution is 6.08. The molecule has 0 N–H and O–H groups in total. The molecule has 3 rings (SSSR count). The van der Waals surface area contributed by atoms with Crippen molar-refractivity contribution in [2.24, 2.45) is 0 Å². The molecule has 0 aliphatic heterocycles. The number of carbonyl (C=O) groups is 2. The van der Waals surface area contributed by atoms with Crippen molar-refractivity contribution >= 4 is 17.6 Å². The van der Waals surface area contributed by atoms with Gasteiger partial charge in [0.05, 0.1) is 0 Å². The molecule has 0 aliphatic carbocycles. The van der Waals surface area contributed by atoms with E-state index in [1.54, 1.807) is 39.0 Å². The molecule has 32 heavy (non-hydrogen) atoms. The zero-order valence-corrected chi connectivity index (χ0v) is 18.5. The van der Waals surface area contributed by atoms with E-state index in [0.717, 1.165) is 33.7 Å². The molecule has 0 fully saturated rings. The number of hydrogen-bond acceptors (Lipinski definition) is 3. The van der Waals surface area contributed by atoms with Gasteiger partial charge in [-0.15, -0.1) is 0 Å². The van der Waals surface area contributed by atoms with E-state index in [1.807, 2.05) is 37.3 Å². The first-order chi connectivity index (χ1) is 15.0. The Kier molecular flexibility index (Phi) is 6.72. The highest BCUT2D eigenvalue weighted by Crippen LogP contribution is 2.27. The van der Waals surface area contributed by atoms with Crippen molar-refractivity contribution in [1.29, 1.82) is 0 Å². The van der Waals surface area contributed by atoms with E-state index >= 15 is 0 Å². The van der Waals surface area contributed by atoms with Crippen LogP contribution in [0.2, 0.25) is 0 Å². The van der Waals surface area contributed by atoms with Crippen molar-refractivity contribution in [1.82, 2.24) is 0 Å². The van der Waals surface area contributed by atoms with Crippen molar-refractivity contribution in [2.75, 3.05) is 11.4 Å². The van der Waals surface area contributed by atoms with E-state index in [1.165, 1.54) is 6.07 Å². The average molecular weight is 437 g/mol. The number of nitrogens with zero attached hydrogens (tertiary/aromatic N) is 1. The summed E-state index contributed by atoms with van der Waals surface area (Å²) in [5.74, 6) is -3.66. The van der Waals surface area contributed by atoms with Gasteiger partial charge in [0.2, 0.25) is 0 Å². The molecule has 0 atom stereocenters. The molecule has 0 aliphatic rings. The second kappa shape index (κ2) is 9.30. The number of ether oxygens (including phenoxy) is 1. The van der Waals surface area contributed by atoms with E-state index in [2.05, 4.69) is 0 Å². The Bertz CT molecular complexity index is 1110. The van der Waals surface area contributed by atoms with E-state index in [0.29, 0.717) is 5.69 Å². The predicted octanol–water partition coefficient (Wildman–Crippen LogP) is 5.93. The number of hydrogen-bond donors (Lipinski definition) is 0. The number of carbonyl (C=O) groups excluding carboxylic acids is 2. The van der Waals surface area contributed by atoms with E-state index in [-0.39, 0.29) is 0 Å². The quantitative estimate of drug-likeness (QED) is 0.465. The number of rotatable bonds is 5. The third-order valence-electron chi connectivity index (χ3n) is 4.67. The van der Waals surface area contributed by atoms with Crippen LogP contribution in [0.5, 0.6) is 0 Å². The van der Waals surface area contributed by atoms with Crippen LogP contribution in [0, 0.1) is 18.6 Å². The maximum Gasteiger partial charge on any atom is 0.326 e. The van der Waals surface area contributed by atoms with E-state index in [4.69, 9.17) is 4.74 Å². The van der Waals surface area contributed by atoms with Gasteiger partial charge >= 0.3 is 5.97 Å². The first kappa shape index (κ1) is 23.1. The van der Waals surface area contributed by atoms with Gasteiger partial charge in [-0.2, -0.15) is 0 Å². The predicted molar refractivity (Wildman–Crippen MR) is 120 cm³/mol. The fourth-order valence-corrected chi connectivity index (χ4v) is 3.22. The number of aryl methyl sites for hydroxylation is 1. The van der Waals surface area contributed by atoms with Crippen molar-refractivity contribution in [2.45, 2.75) is 33.3 Å². The third-order valence-corrected chi connectivity index (χ3v) is 4.67. The number of benzene rings is 3. The maximum absolute atomic E-state index is 14.4. The molecule has 3 aromatic rings. The first-order valence-corrected chi connectivity index (χ1v) is 10.2. The third kappa shape index (κ3) is 5.58. The van der Waals surface area contributed by atoms with Crippen LogP contribution >= 0.6 is 0 Å². The SMILES string of the molecule is Cc1ccc(-c2cccc(N(CC(=O)OC(C)(C)C)C(=O)c3c(F)cccc3F)c2)cc1. The minimum atomic E-state index is -1.00. The molecule has 1 amide bonds. The van der Waals surface area contributed by atoms with Gasteiger partial charge < -0.3 is 4.74 Å². The summed E-state index contributed by atoms with van der Waals surface area (Å²) in [7, 11) is 0. The summed E-state index contributed by atoms with van der Waals surface area (Å²) >= 11 is 0. The van der Waals surface area contributed by atoms with Gasteiger partial charge in [-0.25, -0.2) is 8.78 Å². The van der Waals surface area contributed by atoms with Gasteiger partial charge in [-0.05, 0) is 63.1 Å². The summed E-state index contributed by atoms with van der Waals surface area (Å²) < 4.78 is 34.1. The van der Waals surface area contributed by atoms with Gasteiger partial charge in [0, 0.05) is 5.69 Å². The lowest BCUT2D eigenvalue weighted by molar-refractivity contribution is -0.152. The Balaban J connectivity index is 2.04. The molecular formula is C26H25F2NO3. The molecule has 6 heteroatoms.